The molecule has 1 N–H and O–H groups in total. The fourth-order valence-electron chi connectivity index (χ4n) is 2.77. The first-order valence-corrected chi connectivity index (χ1v) is 10.2. The monoisotopic (exact) mass is 397 g/mol. The number of anilines is 2. The highest BCUT2D eigenvalue weighted by atomic mass is 35.5. The summed E-state index contributed by atoms with van der Waals surface area (Å²) in [5, 5.41) is 9.67. The minimum atomic E-state index is 0.588. The lowest BCUT2D eigenvalue weighted by molar-refractivity contribution is 0.195. The maximum absolute atomic E-state index is 6.10. The van der Waals surface area contributed by atoms with Gasteiger partial charge in [-0.2, -0.15) is 0 Å². The summed E-state index contributed by atoms with van der Waals surface area (Å²) in [5.41, 5.74) is 1.19. The molecule has 2 aromatic rings. The first-order valence-electron chi connectivity index (χ1n) is 8.56. The van der Waals surface area contributed by atoms with E-state index in [0.29, 0.717) is 5.92 Å². The third kappa shape index (κ3) is 5.17. The Morgan fingerprint density at radius 2 is 2.04 bits per heavy atom. The van der Waals surface area contributed by atoms with Crippen molar-refractivity contribution in [2.75, 3.05) is 42.9 Å². The van der Waals surface area contributed by atoms with E-state index in [1.807, 2.05) is 22.9 Å². The van der Waals surface area contributed by atoms with Crippen LogP contribution in [0.15, 0.2) is 24.3 Å². The van der Waals surface area contributed by atoms with Gasteiger partial charge in [-0.15, -0.1) is 5.10 Å². The molecule has 25 heavy (non-hydrogen) atoms. The molecule has 1 aliphatic heterocycles. The van der Waals surface area contributed by atoms with Crippen molar-refractivity contribution in [1.82, 2.24) is 14.7 Å². The predicted molar refractivity (Wildman–Crippen MR) is 110 cm³/mol. The van der Waals surface area contributed by atoms with Crippen LogP contribution in [-0.2, 0) is 6.67 Å². The number of hydrogen-bond acceptors (Lipinski definition) is 6. The van der Waals surface area contributed by atoms with Crippen LogP contribution in [0.4, 0.5) is 10.8 Å². The van der Waals surface area contributed by atoms with E-state index in [9.17, 15) is 0 Å². The summed E-state index contributed by atoms with van der Waals surface area (Å²) in [5.74, 6) is 0.588. The van der Waals surface area contributed by atoms with Gasteiger partial charge < -0.3 is 10.2 Å². The van der Waals surface area contributed by atoms with Crippen LogP contribution in [0, 0.1) is 9.87 Å². The average Bonchev–Trinajstić information content (AvgIpc) is 2.93. The summed E-state index contributed by atoms with van der Waals surface area (Å²) >= 11 is 13.1. The molecule has 0 unspecified atom stereocenters. The Labute approximate surface area is 163 Å². The van der Waals surface area contributed by atoms with Gasteiger partial charge in [0.2, 0.25) is 5.13 Å². The van der Waals surface area contributed by atoms with Crippen molar-refractivity contribution in [3.05, 3.63) is 33.2 Å². The van der Waals surface area contributed by atoms with Gasteiger partial charge in [0.1, 0.15) is 0 Å². The van der Waals surface area contributed by atoms with Crippen LogP contribution in [-0.4, -0.2) is 47.4 Å². The van der Waals surface area contributed by atoms with Crippen molar-refractivity contribution in [1.29, 1.82) is 0 Å². The highest BCUT2D eigenvalue weighted by Gasteiger charge is 2.18. The van der Waals surface area contributed by atoms with Gasteiger partial charge in [-0.25, -0.2) is 4.68 Å². The Kier molecular flexibility index (Phi) is 6.33. The fourth-order valence-corrected chi connectivity index (χ4v) is 3.95. The Bertz CT molecular complexity index is 749. The second kappa shape index (κ2) is 8.49. The van der Waals surface area contributed by atoms with E-state index in [4.69, 9.17) is 23.8 Å². The highest BCUT2D eigenvalue weighted by molar-refractivity contribution is 7.73. The molecule has 0 spiro atoms. The summed E-state index contributed by atoms with van der Waals surface area (Å²) in [4.78, 5) is 4.76. The number of benzene rings is 1. The molecule has 1 aromatic carbocycles. The predicted octanol–water partition coefficient (Wildman–Crippen LogP) is 4.18. The number of nitrogens with zero attached hydrogens (tertiary/aromatic N) is 4. The molecule has 136 valence electrons. The number of piperazine rings is 1. The minimum absolute atomic E-state index is 0.588. The molecule has 1 fully saturated rings. The van der Waals surface area contributed by atoms with Crippen molar-refractivity contribution in [2.24, 2.45) is 5.92 Å². The molecule has 0 bridgehead atoms. The number of rotatable bonds is 6. The summed E-state index contributed by atoms with van der Waals surface area (Å²) in [7, 11) is 0. The summed E-state index contributed by atoms with van der Waals surface area (Å²) in [6.07, 6.45) is 0. The van der Waals surface area contributed by atoms with Gasteiger partial charge in [-0.1, -0.05) is 42.9 Å². The molecule has 0 saturated carbocycles. The van der Waals surface area contributed by atoms with Crippen molar-refractivity contribution in [3.8, 4) is 0 Å². The topological polar surface area (TPSA) is 36.3 Å². The molecular weight excluding hydrogens is 374 g/mol. The zero-order chi connectivity index (χ0) is 17.8. The van der Waals surface area contributed by atoms with Gasteiger partial charge in [-0.05, 0) is 36.3 Å². The Morgan fingerprint density at radius 3 is 2.72 bits per heavy atom. The normalized spacial score (nSPS) is 15.8. The Hall–Kier alpha value is -1.15. The molecule has 1 aliphatic rings. The number of nitrogens with one attached hydrogen (secondary N) is 1. The third-order valence-corrected chi connectivity index (χ3v) is 5.65. The second-order valence-electron chi connectivity index (χ2n) is 6.67. The van der Waals surface area contributed by atoms with Gasteiger partial charge >= 0.3 is 0 Å². The molecule has 1 saturated heterocycles. The summed E-state index contributed by atoms with van der Waals surface area (Å²) < 4.78 is 2.75. The van der Waals surface area contributed by atoms with E-state index in [1.54, 1.807) is 11.3 Å². The summed E-state index contributed by atoms with van der Waals surface area (Å²) in [6.45, 7) is 9.97. The SMILES string of the molecule is CC(C)CNc1nn(CN2CCN(c3cccc(Cl)c3)CC2)c(=S)s1. The van der Waals surface area contributed by atoms with Gasteiger partial charge in [0.05, 0.1) is 6.67 Å². The third-order valence-electron chi connectivity index (χ3n) is 4.15. The van der Waals surface area contributed by atoms with Crippen molar-refractivity contribution >= 4 is 46.0 Å². The van der Waals surface area contributed by atoms with Gasteiger partial charge in [0, 0.05) is 43.4 Å². The Balaban J connectivity index is 1.55. The molecule has 0 amide bonds. The zero-order valence-electron chi connectivity index (χ0n) is 14.6. The van der Waals surface area contributed by atoms with Gasteiger partial charge in [0.25, 0.3) is 0 Å². The van der Waals surface area contributed by atoms with Crippen LogP contribution < -0.4 is 10.2 Å². The second-order valence-corrected chi connectivity index (χ2v) is 8.73. The first-order chi connectivity index (χ1) is 12.0. The van der Waals surface area contributed by atoms with Crippen LogP contribution >= 0.6 is 35.2 Å². The standard InChI is InChI=1S/C17H24ClN5S2/c1-13(2)11-19-16-20-23(17(24)25-16)12-21-6-8-22(9-7-21)15-5-3-4-14(18)10-15/h3-5,10,13H,6-9,11-12H2,1-2H3,(H,19,20). The number of aromatic nitrogens is 2. The molecule has 1 aromatic heterocycles. The van der Waals surface area contributed by atoms with Gasteiger partial charge in [-0.3, -0.25) is 4.90 Å². The van der Waals surface area contributed by atoms with E-state index < -0.39 is 0 Å². The molecule has 5 nitrogen and oxygen atoms in total. The van der Waals surface area contributed by atoms with Crippen LogP contribution in [0.25, 0.3) is 0 Å². The van der Waals surface area contributed by atoms with Crippen molar-refractivity contribution in [3.63, 3.8) is 0 Å². The molecule has 0 atom stereocenters. The lowest BCUT2D eigenvalue weighted by atomic mass is 10.2. The molecular formula is C17H24ClN5S2. The number of hydrogen-bond donors (Lipinski definition) is 1. The fraction of sp³-hybridized carbons (Fsp3) is 0.529. The maximum Gasteiger partial charge on any atom is 0.204 e. The van der Waals surface area contributed by atoms with Crippen LogP contribution in [0.1, 0.15) is 13.8 Å². The quantitative estimate of drug-likeness (QED) is 0.740. The zero-order valence-corrected chi connectivity index (χ0v) is 17.0. The van der Waals surface area contributed by atoms with E-state index in [-0.39, 0.29) is 0 Å². The minimum Gasteiger partial charge on any atom is -0.369 e. The van der Waals surface area contributed by atoms with Crippen molar-refractivity contribution < 1.29 is 0 Å². The van der Waals surface area contributed by atoms with Crippen LogP contribution in [0.5, 0.6) is 0 Å². The Morgan fingerprint density at radius 1 is 1.28 bits per heavy atom. The largest absolute Gasteiger partial charge is 0.369 e. The molecule has 3 rings (SSSR count). The highest BCUT2D eigenvalue weighted by Crippen LogP contribution is 2.21. The lowest BCUT2D eigenvalue weighted by Crippen LogP contribution is -2.46. The summed E-state index contributed by atoms with van der Waals surface area (Å²) in [6, 6.07) is 8.06. The molecule has 2 heterocycles. The van der Waals surface area contributed by atoms with E-state index in [0.717, 1.165) is 53.5 Å². The molecule has 0 aliphatic carbocycles. The maximum atomic E-state index is 6.10. The van der Waals surface area contributed by atoms with E-state index >= 15 is 0 Å². The molecule has 8 heteroatoms. The molecule has 0 radical (unpaired) electrons. The first kappa shape index (κ1) is 18.6. The van der Waals surface area contributed by atoms with E-state index in [1.165, 1.54) is 5.69 Å². The number of halogens is 1. The van der Waals surface area contributed by atoms with Crippen molar-refractivity contribution in [2.45, 2.75) is 20.5 Å². The lowest BCUT2D eigenvalue weighted by Gasteiger charge is -2.35. The van der Waals surface area contributed by atoms with Crippen LogP contribution in [0.2, 0.25) is 5.02 Å². The smallest absolute Gasteiger partial charge is 0.204 e. The van der Waals surface area contributed by atoms with Crippen LogP contribution in [0.3, 0.4) is 0 Å². The average molecular weight is 398 g/mol. The van der Waals surface area contributed by atoms with E-state index in [2.05, 4.69) is 40.1 Å². The van der Waals surface area contributed by atoms with Gasteiger partial charge in [0.15, 0.2) is 3.95 Å².